The molecule has 1 rings (SSSR count). The normalized spacial score (nSPS) is 15.4. The van der Waals surface area contributed by atoms with Gasteiger partial charge in [-0.2, -0.15) is 13.2 Å². The molecule has 0 saturated heterocycles. The van der Waals surface area contributed by atoms with Crippen LogP contribution in [-0.4, -0.2) is 6.54 Å². The van der Waals surface area contributed by atoms with Crippen molar-refractivity contribution < 1.29 is 13.2 Å². The van der Waals surface area contributed by atoms with Gasteiger partial charge in [0.2, 0.25) is 0 Å². The zero-order valence-electron chi connectivity index (χ0n) is 11.0. The summed E-state index contributed by atoms with van der Waals surface area (Å²) in [5, 5.41) is 3.26. The Morgan fingerprint density at radius 2 is 1.89 bits per heavy atom. The maximum Gasteiger partial charge on any atom is 0.416 e. The van der Waals surface area contributed by atoms with Crippen molar-refractivity contribution in [1.29, 1.82) is 0 Å². The Kier molecular flexibility index (Phi) is 5.20. The molecule has 2 atom stereocenters. The van der Waals surface area contributed by atoms with E-state index in [1.165, 1.54) is 12.1 Å². The molecule has 0 amide bonds. The van der Waals surface area contributed by atoms with E-state index in [1.807, 2.05) is 6.92 Å². The van der Waals surface area contributed by atoms with Crippen LogP contribution in [0, 0.1) is 5.92 Å². The van der Waals surface area contributed by atoms with E-state index in [0.29, 0.717) is 11.5 Å². The molecule has 102 valence electrons. The lowest BCUT2D eigenvalue weighted by Crippen LogP contribution is -2.24. The number of rotatable bonds is 5. The van der Waals surface area contributed by atoms with E-state index in [-0.39, 0.29) is 6.04 Å². The molecule has 0 heterocycles. The first kappa shape index (κ1) is 15.0. The minimum atomic E-state index is -4.27. The third-order valence-corrected chi connectivity index (χ3v) is 3.18. The van der Waals surface area contributed by atoms with Crippen LogP contribution in [0.1, 0.15) is 44.4 Å². The van der Waals surface area contributed by atoms with Gasteiger partial charge in [0.25, 0.3) is 0 Å². The Morgan fingerprint density at radius 3 is 2.44 bits per heavy atom. The molecule has 2 unspecified atom stereocenters. The quantitative estimate of drug-likeness (QED) is 0.826. The highest BCUT2D eigenvalue weighted by Crippen LogP contribution is 2.30. The van der Waals surface area contributed by atoms with Crippen molar-refractivity contribution in [2.75, 3.05) is 6.54 Å². The lowest BCUT2D eigenvalue weighted by molar-refractivity contribution is -0.137. The van der Waals surface area contributed by atoms with E-state index in [9.17, 15) is 13.2 Å². The molecule has 0 aliphatic heterocycles. The van der Waals surface area contributed by atoms with E-state index in [1.54, 1.807) is 6.07 Å². The van der Waals surface area contributed by atoms with E-state index >= 15 is 0 Å². The van der Waals surface area contributed by atoms with Gasteiger partial charge in [0.15, 0.2) is 0 Å². The molecule has 0 aliphatic carbocycles. The molecule has 4 heteroatoms. The molecule has 1 aromatic carbocycles. The molecule has 0 spiro atoms. The van der Waals surface area contributed by atoms with Crippen LogP contribution >= 0.6 is 0 Å². The van der Waals surface area contributed by atoms with Crippen molar-refractivity contribution in [2.45, 2.75) is 39.4 Å². The molecule has 18 heavy (non-hydrogen) atoms. The standard InChI is InChI=1S/C14H20F3N/c1-4-10(2)9-18-11(3)12-6-5-7-13(8-12)14(15,16)17/h5-8,10-11,18H,4,9H2,1-3H3. The molecule has 0 bridgehead atoms. The summed E-state index contributed by atoms with van der Waals surface area (Å²) in [7, 11) is 0. The fourth-order valence-corrected chi connectivity index (χ4v) is 1.62. The van der Waals surface area contributed by atoms with Crippen LogP contribution in [0.4, 0.5) is 13.2 Å². The molecule has 1 N–H and O–H groups in total. The average molecular weight is 259 g/mol. The SMILES string of the molecule is CCC(C)CNC(C)c1cccc(C(F)(F)F)c1. The topological polar surface area (TPSA) is 12.0 Å². The van der Waals surface area contributed by atoms with Crippen LogP contribution in [-0.2, 0) is 6.18 Å². The smallest absolute Gasteiger partial charge is 0.310 e. The van der Waals surface area contributed by atoms with Gasteiger partial charge in [0, 0.05) is 6.04 Å². The van der Waals surface area contributed by atoms with Crippen LogP contribution in [0.3, 0.4) is 0 Å². The number of hydrogen-bond acceptors (Lipinski definition) is 1. The highest BCUT2D eigenvalue weighted by molar-refractivity contribution is 5.27. The van der Waals surface area contributed by atoms with Gasteiger partial charge in [0.1, 0.15) is 0 Å². The summed E-state index contributed by atoms with van der Waals surface area (Å²) in [6.45, 7) is 6.92. The summed E-state index contributed by atoms with van der Waals surface area (Å²) in [4.78, 5) is 0. The van der Waals surface area contributed by atoms with Crippen LogP contribution < -0.4 is 5.32 Å². The molecular weight excluding hydrogens is 239 g/mol. The maximum absolute atomic E-state index is 12.6. The van der Waals surface area contributed by atoms with E-state index in [2.05, 4.69) is 19.2 Å². The Balaban J connectivity index is 2.71. The van der Waals surface area contributed by atoms with Gasteiger partial charge in [-0.05, 0) is 37.1 Å². The van der Waals surface area contributed by atoms with Gasteiger partial charge in [-0.15, -0.1) is 0 Å². The summed E-state index contributed by atoms with van der Waals surface area (Å²) >= 11 is 0. The highest BCUT2D eigenvalue weighted by atomic mass is 19.4. The number of hydrogen-bond donors (Lipinski definition) is 1. The van der Waals surface area contributed by atoms with E-state index in [0.717, 1.165) is 19.0 Å². The van der Waals surface area contributed by atoms with Gasteiger partial charge >= 0.3 is 6.18 Å². The second-order valence-electron chi connectivity index (χ2n) is 4.77. The molecule has 0 fully saturated rings. The maximum atomic E-state index is 12.6. The van der Waals surface area contributed by atoms with Crippen molar-refractivity contribution >= 4 is 0 Å². The Morgan fingerprint density at radius 1 is 1.22 bits per heavy atom. The lowest BCUT2D eigenvalue weighted by Gasteiger charge is -2.18. The third kappa shape index (κ3) is 4.33. The lowest BCUT2D eigenvalue weighted by atomic mass is 10.0. The molecule has 1 aromatic rings. The van der Waals surface area contributed by atoms with Crippen LogP contribution in [0.15, 0.2) is 24.3 Å². The minimum absolute atomic E-state index is 0.0682. The summed E-state index contributed by atoms with van der Waals surface area (Å²) in [5.74, 6) is 0.526. The predicted molar refractivity (Wildman–Crippen MR) is 67.3 cm³/mol. The fraction of sp³-hybridized carbons (Fsp3) is 0.571. The predicted octanol–water partition coefficient (Wildman–Crippen LogP) is 4.40. The fourth-order valence-electron chi connectivity index (χ4n) is 1.62. The summed E-state index contributed by atoms with van der Waals surface area (Å²) < 4.78 is 37.7. The first-order chi connectivity index (χ1) is 8.34. The first-order valence-corrected chi connectivity index (χ1v) is 6.25. The third-order valence-electron chi connectivity index (χ3n) is 3.18. The average Bonchev–Trinajstić information content (AvgIpc) is 2.34. The number of nitrogens with one attached hydrogen (secondary N) is 1. The van der Waals surface area contributed by atoms with Gasteiger partial charge < -0.3 is 5.32 Å². The second kappa shape index (κ2) is 6.23. The number of alkyl halides is 3. The van der Waals surface area contributed by atoms with E-state index in [4.69, 9.17) is 0 Å². The van der Waals surface area contributed by atoms with Crippen LogP contribution in [0.25, 0.3) is 0 Å². The van der Waals surface area contributed by atoms with Crippen molar-refractivity contribution in [3.05, 3.63) is 35.4 Å². The summed E-state index contributed by atoms with van der Waals surface area (Å²) in [6, 6.07) is 5.43. The zero-order valence-corrected chi connectivity index (χ0v) is 11.0. The van der Waals surface area contributed by atoms with Crippen LogP contribution in [0.2, 0.25) is 0 Å². The van der Waals surface area contributed by atoms with Gasteiger partial charge in [-0.3, -0.25) is 0 Å². The summed E-state index contributed by atoms with van der Waals surface area (Å²) in [6.07, 6.45) is -3.21. The van der Waals surface area contributed by atoms with Crippen molar-refractivity contribution in [3.8, 4) is 0 Å². The van der Waals surface area contributed by atoms with Crippen molar-refractivity contribution in [3.63, 3.8) is 0 Å². The van der Waals surface area contributed by atoms with Crippen molar-refractivity contribution in [2.24, 2.45) is 5.92 Å². The van der Waals surface area contributed by atoms with Gasteiger partial charge in [-0.25, -0.2) is 0 Å². The Labute approximate surface area is 106 Å². The Bertz CT molecular complexity index is 374. The molecule has 0 saturated carbocycles. The van der Waals surface area contributed by atoms with E-state index < -0.39 is 11.7 Å². The largest absolute Gasteiger partial charge is 0.416 e. The number of benzene rings is 1. The Hall–Kier alpha value is -1.03. The molecule has 0 aromatic heterocycles. The molecule has 1 nitrogen and oxygen atoms in total. The second-order valence-corrected chi connectivity index (χ2v) is 4.77. The monoisotopic (exact) mass is 259 g/mol. The van der Waals surface area contributed by atoms with Crippen LogP contribution in [0.5, 0.6) is 0 Å². The summed E-state index contributed by atoms with van der Waals surface area (Å²) in [5.41, 5.74) is 0.0883. The first-order valence-electron chi connectivity index (χ1n) is 6.25. The molecule has 0 aliphatic rings. The number of halogens is 3. The molecule has 0 radical (unpaired) electrons. The zero-order chi connectivity index (χ0) is 13.8. The van der Waals surface area contributed by atoms with Gasteiger partial charge in [0.05, 0.1) is 5.56 Å². The molecular formula is C14H20F3N. The highest BCUT2D eigenvalue weighted by Gasteiger charge is 2.30. The minimum Gasteiger partial charge on any atom is -0.310 e. The van der Waals surface area contributed by atoms with Crippen molar-refractivity contribution in [1.82, 2.24) is 5.32 Å². The van der Waals surface area contributed by atoms with Gasteiger partial charge in [-0.1, -0.05) is 32.4 Å².